The molecular formula is C19H28NO3+. The van der Waals surface area contributed by atoms with Crippen LogP contribution in [0.4, 0.5) is 0 Å². The number of aliphatic hydroxyl groups is 1. The summed E-state index contributed by atoms with van der Waals surface area (Å²) in [5.41, 5.74) is 1.85. The van der Waals surface area contributed by atoms with Crippen molar-refractivity contribution in [2.45, 2.75) is 56.8 Å². The molecule has 3 rings (SSSR count). The standard InChI is InChI=1S/C19H28NO3/c1-20(2)13-7-12-17(20)23-19(22)18(21)16-11-6-5-10-15(16)14-8-3-4-9-14/h5-6,10-11,14,17-18,21H,3-4,7-9,12-13H2,1-2H3/q+1. The van der Waals surface area contributed by atoms with Crippen LogP contribution >= 0.6 is 0 Å². The van der Waals surface area contributed by atoms with E-state index in [4.69, 9.17) is 4.74 Å². The Bertz CT molecular complexity index is 563. The third kappa shape index (κ3) is 3.43. The largest absolute Gasteiger partial charge is 0.410 e. The fraction of sp³-hybridized carbons (Fsp3) is 0.632. The summed E-state index contributed by atoms with van der Waals surface area (Å²) in [4.78, 5) is 12.5. The second-order valence-corrected chi connectivity index (χ2v) is 7.55. The van der Waals surface area contributed by atoms with Crippen LogP contribution < -0.4 is 0 Å². The van der Waals surface area contributed by atoms with Gasteiger partial charge in [0.05, 0.1) is 20.6 Å². The number of ether oxygens (including phenoxy) is 1. The van der Waals surface area contributed by atoms with Gasteiger partial charge in [-0.2, -0.15) is 0 Å². The predicted octanol–water partition coefficient (Wildman–Crippen LogP) is 3.12. The van der Waals surface area contributed by atoms with Gasteiger partial charge in [0.1, 0.15) is 0 Å². The highest BCUT2D eigenvalue weighted by Crippen LogP contribution is 2.38. The average molecular weight is 318 g/mol. The second-order valence-electron chi connectivity index (χ2n) is 7.55. The Morgan fingerprint density at radius 2 is 1.87 bits per heavy atom. The molecule has 1 saturated heterocycles. The second kappa shape index (κ2) is 6.62. The van der Waals surface area contributed by atoms with E-state index >= 15 is 0 Å². The smallest absolute Gasteiger partial charge is 0.344 e. The van der Waals surface area contributed by atoms with Crippen LogP contribution in [0.1, 0.15) is 61.7 Å². The molecule has 1 saturated carbocycles. The first-order valence-corrected chi connectivity index (χ1v) is 8.79. The Balaban J connectivity index is 1.75. The highest BCUT2D eigenvalue weighted by atomic mass is 16.6. The van der Waals surface area contributed by atoms with Crippen LogP contribution in [-0.2, 0) is 9.53 Å². The van der Waals surface area contributed by atoms with Gasteiger partial charge in [0.15, 0.2) is 6.10 Å². The van der Waals surface area contributed by atoms with Crippen LogP contribution in [0, 0.1) is 0 Å². The number of quaternary nitrogens is 1. The first-order valence-electron chi connectivity index (χ1n) is 8.79. The zero-order valence-corrected chi connectivity index (χ0v) is 14.2. The quantitative estimate of drug-likeness (QED) is 0.685. The van der Waals surface area contributed by atoms with E-state index in [-0.39, 0.29) is 6.23 Å². The summed E-state index contributed by atoms with van der Waals surface area (Å²) in [6.45, 7) is 1.01. The van der Waals surface area contributed by atoms with Gasteiger partial charge < -0.3 is 9.84 Å². The fourth-order valence-corrected chi connectivity index (χ4v) is 4.06. The molecule has 2 atom stereocenters. The summed E-state index contributed by atoms with van der Waals surface area (Å²) in [6, 6.07) is 7.80. The fourth-order valence-electron chi connectivity index (χ4n) is 4.06. The molecule has 23 heavy (non-hydrogen) atoms. The lowest BCUT2D eigenvalue weighted by Gasteiger charge is -2.31. The van der Waals surface area contributed by atoms with Crippen LogP contribution in [0.25, 0.3) is 0 Å². The van der Waals surface area contributed by atoms with Crippen molar-refractivity contribution in [2.24, 2.45) is 0 Å². The molecule has 1 aromatic rings. The SMILES string of the molecule is C[N+]1(C)CCCC1OC(=O)C(O)c1ccccc1C1CCCC1. The van der Waals surface area contributed by atoms with Crippen molar-refractivity contribution < 1.29 is 19.1 Å². The molecule has 2 unspecified atom stereocenters. The number of esters is 1. The number of carbonyl (C=O) groups is 1. The lowest BCUT2D eigenvalue weighted by Crippen LogP contribution is -2.46. The average Bonchev–Trinajstić information content (AvgIpc) is 3.17. The summed E-state index contributed by atoms with van der Waals surface area (Å²) in [7, 11) is 4.15. The normalized spacial score (nSPS) is 25.4. The van der Waals surface area contributed by atoms with E-state index in [9.17, 15) is 9.90 Å². The zero-order valence-electron chi connectivity index (χ0n) is 14.2. The van der Waals surface area contributed by atoms with Gasteiger partial charge in [-0.05, 0) is 29.9 Å². The minimum atomic E-state index is -1.17. The van der Waals surface area contributed by atoms with E-state index in [2.05, 4.69) is 20.2 Å². The number of aliphatic hydroxyl groups excluding tert-OH is 1. The number of rotatable bonds is 4. The summed E-state index contributed by atoms with van der Waals surface area (Å²) >= 11 is 0. The van der Waals surface area contributed by atoms with Crippen molar-refractivity contribution in [1.29, 1.82) is 0 Å². The van der Waals surface area contributed by atoms with Crippen molar-refractivity contribution in [1.82, 2.24) is 0 Å². The van der Waals surface area contributed by atoms with E-state index in [1.54, 1.807) is 0 Å². The first-order chi connectivity index (χ1) is 11.0. The van der Waals surface area contributed by atoms with Crippen molar-refractivity contribution in [3.8, 4) is 0 Å². The highest BCUT2D eigenvalue weighted by Gasteiger charge is 2.39. The van der Waals surface area contributed by atoms with Gasteiger partial charge in [-0.25, -0.2) is 4.79 Å². The van der Waals surface area contributed by atoms with Gasteiger partial charge in [-0.3, -0.25) is 4.48 Å². The van der Waals surface area contributed by atoms with Gasteiger partial charge in [0.25, 0.3) is 0 Å². The summed E-state index contributed by atoms with van der Waals surface area (Å²) in [6.07, 6.45) is 5.36. The molecule has 1 aromatic carbocycles. The highest BCUT2D eigenvalue weighted by molar-refractivity contribution is 5.77. The Morgan fingerprint density at radius 1 is 1.17 bits per heavy atom. The lowest BCUT2D eigenvalue weighted by molar-refractivity contribution is -0.921. The maximum atomic E-state index is 12.5. The molecule has 0 radical (unpaired) electrons. The molecule has 1 aliphatic heterocycles. The number of nitrogens with zero attached hydrogens (tertiary/aromatic N) is 1. The zero-order chi connectivity index (χ0) is 16.4. The van der Waals surface area contributed by atoms with E-state index in [0.29, 0.717) is 10.4 Å². The molecule has 2 aliphatic rings. The molecule has 1 heterocycles. The summed E-state index contributed by atoms with van der Waals surface area (Å²) < 4.78 is 6.33. The first kappa shape index (κ1) is 16.5. The molecule has 1 aliphatic carbocycles. The van der Waals surface area contributed by atoms with Gasteiger partial charge in [0.2, 0.25) is 6.23 Å². The molecular weight excluding hydrogens is 290 g/mol. The minimum absolute atomic E-state index is 0.143. The van der Waals surface area contributed by atoms with Gasteiger partial charge in [-0.1, -0.05) is 37.1 Å². The molecule has 126 valence electrons. The predicted molar refractivity (Wildman–Crippen MR) is 88.7 cm³/mol. The molecule has 2 fully saturated rings. The molecule has 0 bridgehead atoms. The monoisotopic (exact) mass is 318 g/mol. The van der Waals surface area contributed by atoms with Crippen LogP contribution in [-0.4, -0.2) is 42.4 Å². The Morgan fingerprint density at radius 3 is 2.52 bits per heavy atom. The van der Waals surface area contributed by atoms with Gasteiger partial charge in [-0.15, -0.1) is 0 Å². The van der Waals surface area contributed by atoms with E-state index in [0.717, 1.165) is 43.4 Å². The maximum absolute atomic E-state index is 12.5. The lowest BCUT2D eigenvalue weighted by atomic mass is 9.90. The Kier molecular flexibility index (Phi) is 4.74. The van der Waals surface area contributed by atoms with Crippen molar-refractivity contribution in [2.75, 3.05) is 20.6 Å². The molecule has 0 amide bonds. The third-order valence-corrected chi connectivity index (χ3v) is 5.53. The van der Waals surface area contributed by atoms with Crippen LogP contribution in [0.15, 0.2) is 24.3 Å². The Labute approximate surface area is 138 Å². The van der Waals surface area contributed by atoms with Gasteiger partial charge >= 0.3 is 5.97 Å². The number of hydrogen-bond donors (Lipinski definition) is 1. The molecule has 4 nitrogen and oxygen atoms in total. The molecule has 0 aromatic heterocycles. The van der Waals surface area contributed by atoms with E-state index in [1.165, 1.54) is 12.8 Å². The number of likely N-dealkylation sites (tertiary alicyclic amines) is 1. The van der Waals surface area contributed by atoms with Crippen molar-refractivity contribution in [3.63, 3.8) is 0 Å². The maximum Gasteiger partial charge on any atom is 0.344 e. The van der Waals surface area contributed by atoms with Crippen molar-refractivity contribution in [3.05, 3.63) is 35.4 Å². The Hall–Kier alpha value is -1.39. The molecule has 1 N–H and O–H groups in total. The number of benzene rings is 1. The topological polar surface area (TPSA) is 46.5 Å². The van der Waals surface area contributed by atoms with E-state index < -0.39 is 12.1 Å². The molecule has 4 heteroatoms. The molecule has 0 spiro atoms. The number of hydrogen-bond acceptors (Lipinski definition) is 3. The van der Waals surface area contributed by atoms with E-state index in [1.807, 2.05) is 18.2 Å². The summed E-state index contributed by atoms with van der Waals surface area (Å²) in [5.74, 6) is -0.0408. The van der Waals surface area contributed by atoms with Gasteiger partial charge in [0, 0.05) is 12.8 Å². The minimum Gasteiger partial charge on any atom is -0.410 e. The number of carbonyl (C=O) groups excluding carboxylic acids is 1. The van der Waals surface area contributed by atoms with Crippen LogP contribution in [0.5, 0.6) is 0 Å². The van der Waals surface area contributed by atoms with Crippen LogP contribution in [0.2, 0.25) is 0 Å². The van der Waals surface area contributed by atoms with Crippen molar-refractivity contribution >= 4 is 5.97 Å². The summed E-state index contributed by atoms with van der Waals surface area (Å²) in [5, 5.41) is 10.6. The van der Waals surface area contributed by atoms with Crippen LogP contribution in [0.3, 0.4) is 0 Å². The third-order valence-electron chi connectivity index (χ3n) is 5.53.